The Morgan fingerprint density at radius 2 is 2.04 bits per heavy atom. The molecule has 1 heterocycles. The average Bonchev–Trinajstić information content (AvgIpc) is 2.88. The molecule has 0 aromatic heterocycles. The van der Waals surface area contributed by atoms with Crippen LogP contribution < -0.4 is 5.32 Å². The summed E-state index contributed by atoms with van der Waals surface area (Å²) in [5.74, 6) is 0. The van der Waals surface area contributed by atoms with Crippen LogP contribution in [0.25, 0.3) is 0 Å². The third-order valence-electron chi connectivity index (χ3n) is 6.16. The van der Waals surface area contributed by atoms with Crippen LogP contribution in [0.1, 0.15) is 43.9 Å². The van der Waals surface area contributed by atoms with Crippen molar-refractivity contribution in [3.63, 3.8) is 0 Å². The molecule has 0 saturated carbocycles. The van der Waals surface area contributed by atoms with Crippen LogP contribution in [-0.4, -0.2) is 73.5 Å². The Morgan fingerprint density at radius 1 is 1.37 bits per heavy atom. The lowest BCUT2D eigenvalue weighted by Gasteiger charge is -2.43. The van der Waals surface area contributed by atoms with Gasteiger partial charge in [0.1, 0.15) is 0 Å². The number of aliphatic hydroxyl groups excluding tert-OH is 1. The number of hydrogen-bond donors (Lipinski definition) is 2. The van der Waals surface area contributed by atoms with E-state index in [0.29, 0.717) is 19.7 Å². The van der Waals surface area contributed by atoms with E-state index in [9.17, 15) is 9.90 Å². The van der Waals surface area contributed by atoms with Gasteiger partial charge in [0.05, 0.1) is 18.8 Å². The first kappa shape index (κ1) is 20.1. The van der Waals surface area contributed by atoms with Gasteiger partial charge in [0, 0.05) is 38.2 Å². The summed E-state index contributed by atoms with van der Waals surface area (Å²) in [7, 11) is 3.75. The summed E-state index contributed by atoms with van der Waals surface area (Å²) in [6, 6.07) is 8.49. The van der Waals surface area contributed by atoms with Crippen LogP contribution in [0.5, 0.6) is 0 Å². The third-order valence-corrected chi connectivity index (χ3v) is 6.16. The van der Waals surface area contributed by atoms with Crippen LogP contribution in [0.4, 0.5) is 4.79 Å². The lowest BCUT2D eigenvalue weighted by molar-refractivity contribution is -0.00905. The van der Waals surface area contributed by atoms with Crippen molar-refractivity contribution >= 4 is 6.03 Å². The molecule has 27 heavy (non-hydrogen) atoms. The topological polar surface area (TPSA) is 65.0 Å². The SMILES string of the molecule is COCCN(C)[C@@H]1c2ccccc2C2(CCN(C(=O)NC(C)C)CC2)[C@H]1O. The molecule has 0 bridgehead atoms. The van der Waals surface area contributed by atoms with Gasteiger partial charge >= 0.3 is 6.03 Å². The molecule has 1 aromatic carbocycles. The second kappa shape index (κ2) is 8.17. The molecular formula is C21H33N3O3. The van der Waals surface area contributed by atoms with Gasteiger partial charge in [0.25, 0.3) is 0 Å². The van der Waals surface area contributed by atoms with E-state index in [0.717, 1.165) is 19.4 Å². The average molecular weight is 376 g/mol. The number of nitrogens with zero attached hydrogens (tertiary/aromatic N) is 2. The van der Waals surface area contributed by atoms with Gasteiger partial charge in [-0.2, -0.15) is 0 Å². The number of hydrogen-bond acceptors (Lipinski definition) is 4. The molecule has 1 aromatic rings. The first-order chi connectivity index (χ1) is 12.9. The van der Waals surface area contributed by atoms with E-state index in [2.05, 4.69) is 28.4 Å². The molecule has 2 atom stereocenters. The van der Waals surface area contributed by atoms with Gasteiger partial charge in [0.15, 0.2) is 0 Å². The summed E-state index contributed by atoms with van der Waals surface area (Å²) in [5, 5.41) is 14.4. The number of ether oxygens (including phenoxy) is 1. The van der Waals surface area contributed by atoms with Crippen molar-refractivity contribution in [3.05, 3.63) is 35.4 Å². The van der Waals surface area contributed by atoms with E-state index in [4.69, 9.17) is 4.74 Å². The molecule has 2 amide bonds. The van der Waals surface area contributed by atoms with Gasteiger partial charge in [-0.25, -0.2) is 4.79 Å². The maximum atomic E-state index is 12.4. The summed E-state index contributed by atoms with van der Waals surface area (Å²) in [4.78, 5) is 16.4. The van der Waals surface area contributed by atoms with E-state index >= 15 is 0 Å². The molecule has 1 fully saturated rings. The van der Waals surface area contributed by atoms with Gasteiger partial charge in [-0.1, -0.05) is 24.3 Å². The van der Waals surface area contributed by atoms with E-state index in [1.807, 2.05) is 31.9 Å². The Kier molecular flexibility index (Phi) is 6.08. The standard InChI is InChI=1S/C21H33N3O3/c1-15(2)22-20(26)24-11-9-21(10-12-24)17-8-6-5-7-16(17)18(19(21)25)23(3)13-14-27-4/h5-8,15,18-19,25H,9-14H2,1-4H3,(H,22,26)/t18-,19+/m1/s1. The minimum absolute atomic E-state index is 0.00520. The smallest absolute Gasteiger partial charge is 0.317 e. The number of carbonyl (C=O) groups is 1. The fourth-order valence-electron chi connectivity index (χ4n) is 4.70. The Bertz CT molecular complexity index is 656. The van der Waals surface area contributed by atoms with Crippen molar-refractivity contribution in [1.29, 1.82) is 0 Å². The molecule has 3 rings (SSSR count). The molecule has 0 unspecified atom stereocenters. The molecule has 2 aliphatic rings. The highest BCUT2D eigenvalue weighted by Gasteiger charge is 2.53. The number of carbonyl (C=O) groups excluding carboxylic acids is 1. The first-order valence-electron chi connectivity index (χ1n) is 9.93. The fraction of sp³-hybridized carbons (Fsp3) is 0.667. The molecule has 1 spiro atoms. The minimum Gasteiger partial charge on any atom is -0.390 e. The second-order valence-corrected chi connectivity index (χ2v) is 8.20. The van der Waals surface area contributed by atoms with E-state index < -0.39 is 6.10 Å². The van der Waals surface area contributed by atoms with Gasteiger partial charge in [-0.05, 0) is 44.9 Å². The number of likely N-dealkylation sites (N-methyl/N-ethyl adjacent to an activating group) is 1. The summed E-state index contributed by atoms with van der Waals surface area (Å²) < 4.78 is 5.23. The second-order valence-electron chi connectivity index (χ2n) is 8.20. The largest absolute Gasteiger partial charge is 0.390 e. The zero-order chi connectivity index (χ0) is 19.6. The third kappa shape index (κ3) is 3.71. The number of nitrogens with one attached hydrogen (secondary N) is 1. The zero-order valence-electron chi connectivity index (χ0n) is 16.9. The summed E-state index contributed by atoms with van der Waals surface area (Å²) in [6.07, 6.45) is 1.09. The Hall–Kier alpha value is -1.63. The lowest BCUT2D eigenvalue weighted by atomic mass is 9.72. The molecule has 1 saturated heterocycles. The highest BCUT2D eigenvalue weighted by Crippen LogP contribution is 2.52. The molecule has 1 aliphatic heterocycles. The number of rotatable bonds is 5. The number of benzene rings is 1. The summed E-state index contributed by atoms with van der Waals surface area (Å²) in [5.41, 5.74) is 2.18. The fourth-order valence-corrected chi connectivity index (χ4v) is 4.70. The van der Waals surface area contributed by atoms with Crippen molar-refractivity contribution in [2.45, 2.75) is 50.3 Å². The summed E-state index contributed by atoms with van der Waals surface area (Å²) in [6.45, 7) is 6.68. The Morgan fingerprint density at radius 3 is 2.67 bits per heavy atom. The van der Waals surface area contributed by atoms with Crippen molar-refractivity contribution in [1.82, 2.24) is 15.1 Å². The van der Waals surface area contributed by atoms with Crippen LogP contribution in [0.15, 0.2) is 24.3 Å². The number of fused-ring (bicyclic) bond motifs is 2. The minimum atomic E-state index is -0.480. The molecule has 0 radical (unpaired) electrons. The van der Waals surface area contributed by atoms with E-state index in [1.54, 1.807) is 7.11 Å². The number of methoxy groups -OCH3 is 1. The van der Waals surface area contributed by atoms with Crippen molar-refractivity contribution < 1.29 is 14.6 Å². The molecule has 6 heteroatoms. The highest BCUT2D eigenvalue weighted by molar-refractivity contribution is 5.74. The molecule has 2 N–H and O–H groups in total. The monoisotopic (exact) mass is 375 g/mol. The zero-order valence-corrected chi connectivity index (χ0v) is 16.9. The maximum Gasteiger partial charge on any atom is 0.317 e. The van der Waals surface area contributed by atoms with Gasteiger partial charge in [0.2, 0.25) is 0 Å². The number of aliphatic hydroxyl groups is 1. The van der Waals surface area contributed by atoms with Crippen LogP contribution in [-0.2, 0) is 10.2 Å². The molecule has 1 aliphatic carbocycles. The van der Waals surface area contributed by atoms with Crippen molar-refractivity contribution in [2.24, 2.45) is 0 Å². The highest BCUT2D eigenvalue weighted by atomic mass is 16.5. The molecular weight excluding hydrogens is 342 g/mol. The normalized spacial score (nSPS) is 23.9. The van der Waals surface area contributed by atoms with Crippen LogP contribution in [0.2, 0.25) is 0 Å². The Balaban J connectivity index is 1.81. The van der Waals surface area contributed by atoms with Crippen LogP contribution in [0.3, 0.4) is 0 Å². The number of piperidine rings is 1. The molecule has 150 valence electrons. The van der Waals surface area contributed by atoms with Gasteiger partial charge in [-0.15, -0.1) is 0 Å². The van der Waals surface area contributed by atoms with Gasteiger partial charge < -0.3 is 20.1 Å². The quantitative estimate of drug-likeness (QED) is 0.828. The number of urea groups is 1. The number of likely N-dealkylation sites (tertiary alicyclic amines) is 1. The number of amides is 2. The van der Waals surface area contributed by atoms with Crippen molar-refractivity contribution in [2.75, 3.05) is 40.4 Å². The molecule has 6 nitrogen and oxygen atoms in total. The van der Waals surface area contributed by atoms with Crippen LogP contribution in [0, 0.1) is 0 Å². The van der Waals surface area contributed by atoms with E-state index in [-0.39, 0.29) is 23.5 Å². The Labute approximate surface area is 162 Å². The predicted molar refractivity (Wildman–Crippen MR) is 106 cm³/mol. The van der Waals surface area contributed by atoms with Crippen LogP contribution >= 0.6 is 0 Å². The van der Waals surface area contributed by atoms with E-state index in [1.165, 1.54) is 11.1 Å². The maximum absolute atomic E-state index is 12.4. The lowest BCUT2D eigenvalue weighted by Crippen LogP contribution is -2.53. The first-order valence-corrected chi connectivity index (χ1v) is 9.93. The van der Waals surface area contributed by atoms with Crippen molar-refractivity contribution in [3.8, 4) is 0 Å². The predicted octanol–water partition coefficient (Wildman–Crippen LogP) is 2.13. The van der Waals surface area contributed by atoms with Gasteiger partial charge in [-0.3, -0.25) is 4.90 Å². The summed E-state index contributed by atoms with van der Waals surface area (Å²) >= 11 is 0.